The van der Waals surface area contributed by atoms with Crippen molar-refractivity contribution >= 4 is 11.6 Å². The standard InChI is InChI=1S/C27H29F2N3O7/c1-15(2)39-30-16(3)21-12-31(13-22(33)19-10-17(28)6-8-24(19)37-4)27(36)32(26(21)35)14-23(34)20-11-18(29)7-9-25(20)38-5/h6-12,15-16,30H,13-14H2,1-5H3. The monoisotopic (exact) mass is 545 g/mol. The Balaban J connectivity index is 2.10. The molecule has 0 bridgehead atoms. The predicted molar refractivity (Wildman–Crippen MR) is 137 cm³/mol. The minimum Gasteiger partial charge on any atom is -0.496 e. The van der Waals surface area contributed by atoms with Crippen LogP contribution in [0, 0.1) is 11.6 Å². The molecule has 3 aromatic rings. The van der Waals surface area contributed by atoms with Crippen molar-refractivity contribution in [1.82, 2.24) is 14.6 Å². The molecule has 39 heavy (non-hydrogen) atoms. The second-order valence-corrected chi connectivity index (χ2v) is 8.93. The first kappa shape index (κ1) is 29.4. The smallest absolute Gasteiger partial charge is 0.331 e. The molecule has 1 aromatic heterocycles. The van der Waals surface area contributed by atoms with E-state index in [9.17, 15) is 28.0 Å². The third-order valence-electron chi connectivity index (χ3n) is 5.75. The van der Waals surface area contributed by atoms with Crippen LogP contribution < -0.4 is 26.2 Å². The van der Waals surface area contributed by atoms with Crippen molar-refractivity contribution < 1.29 is 32.7 Å². The second-order valence-electron chi connectivity index (χ2n) is 8.93. The van der Waals surface area contributed by atoms with Gasteiger partial charge in [-0.25, -0.2) is 13.6 Å². The zero-order valence-electron chi connectivity index (χ0n) is 22.1. The Morgan fingerprint density at radius 3 is 1.87 bits per heavy atom. The zero-order chi connectivity index (χ0) is 28.9. The molecule has 0 aliphatic carbocycles. The van der Waals surface area contributed by atoms with E-state index in [2.05, 4.69) is 5.48 Å². The summed E-state index contributed by atoms with van der Waals surface area (Å²) in [6.45, 7) is 3.75. The second kappa shape index (κ2) is 12.6. The molecule has 1 N–H and O–H groups in total. The molecule has 1 unspecified atom stereocenters. The normalized spacial score (nSPS) is 11.9. The Labute approximate surface area is 222 Å². The van der Waals surface area contributed by atoms with Crippen LogP contribution in [-0.4, -0.2) is 41.0 Å². The van der Waals surface area contributed by atoms with Gasteiger partial charge in [0.25, 0.3) is 5.56 Å². The molecule has 1 heterocycles. The van der Waals surface area contributed by atoms with Gasteiger partial charge in [0.05, 0.1) is 56.1 Å². The van der Waals surface area contributed by atoms with E-state index in [1.807, 2.05) is 0 Å². The number of rotatable bonds is 12. The van der Waals surface area contributed by atoms with Gasteiger partial charge in [-0.2, -0.15) is 5.48 Å². The number of ether oxygens (including phenoxy) is 2. The Morgan fingerprint density at radius 1 is 0.872 bits per heavy atom. The molecule has 1 atom stereocenters. The predicted octanol–water partition coefficient (Wildman–Crippen LogP) is 3.06. The third kappa shape index (κ3) is 6.84. The number of methoxy groups -OCH3 is 2. The lowest BCUT2D eigenvalue weighted by Crippen LogP contribution is -2.45. The molecule has 0 saturated heterocycles. The molecule has 0 aliphatic heterocycles. The summed E-state index contributed by atoms with van der Waals surface area (Å²) >= 11 is 0. The van der Waals surface area contributed by atoms with Crippen LogP contribution >= 0.6 is 0 Å². The molecule has 0 saturated carbocycles. The van der Waals surface area contributed by atoms with Crippen molar-refractivity contribution in [2.75, 3.05) is 14.2 Å². The fourth-order valence-electron chi connectivity index (χ4n) is 3.79. The van der Waals surface area contributed by atoms with Crippen LogP contribution in [0.4, 0.5) is 8.78 Å². The van der Waals surface area contributed by atoms with E-state index < -0.39 is 53.6 Å². The summed E-state index contributed by atoms with van der Waals surface area (Å²) < 4.78 is 39.6. The molecule has 0 fully saturated rings. The lowest BCUT2D eigenvalue weighted by atomic mass is 10.1. The van der Waals surface area contributed by atoms with E-state index in [0.29, 0.717) is 4.57 Å². The molecule has 12 heteroatoms. The van der Waals surface area contributed by atoms with Gasteiger partial charge in [-0.05, 0) is 57.2 Å². The molecular weight excluding hydrogens is 516 g/mol. The van der Waals surface area contributed by atoms with E-state index in [4.69, 9.17) is 14.3 Å². The highest BCUT2D eigenvalue weighted by Crippen LogP contribution is 2.21. The molecule has 208 valence electrons. The number of nitrogens with zero attached hydrogens (tertiary/aromatic N) is 2. The first-order chi connectivity index (χ1) is 18.5. The highest BCUT2D eigenvalue weighted by atomic mass is 19.1. The topological polar surface area (TPSA) is 118 Å². The van der Waals surface area contributed by atoms with Crippen LogP contribution in [0.15, 0.2) is 52.2 Å². The highest BCUT2D eigenvalue weighted by molar-refractivity contribution is 5.99. The summed E-state index contributed by atoms with van der Waals surface area (Å²) in [5.74, 6) is -2.70. The van der Waals surface area contributed by atoms with Gasteiger partial charge in [0, 0.05) is 6.20 Å². The molecule has 0 spiro atoms. The maximum atomic E-state index is 13.9. The maximum Gasteiger partial charge on any atom is 0.331 e. The summed E-state index contributed by atoms with van der Waals surface area (Å²) in [4.78, 5) is 58.3. The van der Waals surface area contributed by atoms with Crippen molar-refractivity contribution in [3.8, 4) is 11.5 Å². The molecule has 3 rings (SSSR count). The Hall–Kier alpha value is -4.16. The van der Waals surface area contributed by atoms with Gasteiger partial charge in [-0.15, -0.1) is 0 Å². The van der Waals surface area contributed by atoms with Gasteiger partial charge >= 0.3 is 5.69 Å². The number of aromatic nitrogens is 2. The Kier molecular flexibility index (Phi) is 9.49. The number of Topliss-reactive ketones (excluding diaryl/α,β-unsaturated/α-hetero) is 2. The molecule has 0 amide bonds. The third-order valence-corrected chi connectivity index (χ3v) is 5.75. The van der Waals surface area contributed by atoms with Crippen molar-refractivity contribution in [2.45, 2.75) is 46.0 Å². The average molecular weight is 546 g/mol. The number of nitrogens with one attached hydrogen (secondary N) is 1. The van der Waals surface area contributed by atoms with Crippen LogP contribution in [0.5, 0.6) is 11.5 Å². The lowest BCUT2D eigenvalue weighted by Gasteiger charge is -2.19. The molecule has 2 aromatic carbocycles. The van der Waals surface area contributed by atoms with E-state index in [1.165, 1.54) is 32.5 Å². The molecular formula is C27H29F2N3O7. The number of carbonyl (C=O) groups excluding carboxylic acids is 2. The first-order valence-electron chi connectivity index (χ1n) is 12.0. The van der Waals surface area contributed by atoms with E-state index >= 15 is 0 Å². The number of benzene rings is 2. The number of hydroxylamine groups is 1. The minimum absolute atomic E-state index is 0.00765. The summed E-state index contributed by atoms with van der Waals surface area (Å²) in [5.41, 5.74) is 0.626. The number of hydrogen-bond acceptors (Lipinski definition) is 8. The Morgan fingerprint density at radius 2 is 1.38 bits per heavy atom. The fraction of sp³-hybridized carbons (Fsp3) is 0.333. The van der Waals surface area contributed by atoms with Gasteiger partial charge < -0.3 is 9.47 Å². The number of carbonyl (C=O) groups is 2. The maximum absolute atomic E-state index is 13.9. The van der Waals surface area contributed by atoms with E-state index in [-0.39, 0.29) is 34.3 Å². The highest BCUT2D eigenvalue weighted by Gasteiger charge is 2.23. The van der Waals surface area contributed by atoms with Crippen LogP contribution in [-0.2, 0) is 17.9 Å². The van der Waals surface area contributed by atoms with Crippen molar-refractivity contribution in [1.29, 1.82) is 0 Å². The molecule has 0 radical (unpaired) electrons. The first-order valence-corrected chi connectivity index (χ1v) is 12.0. The van der Waals surface area contributed by atoms with Crippen molar-refractivity contribution in [3.63, 3.8) is 0 Å². The largest absolute Gasteiger partial charge is 0.496 e. The summed E-state index contributed by atoms with van der Waals surface area (Å²) in [6.07, 6.45) is 0.934. The number of ketones is 2. The van der Waals surface area contributed by atoms with Crippen LogP contribution in [0.3, 0.4) is 0 Å². The SMILES string of the molecule is COc1ccc(F)cc1C(=O)Cn1cc(C(C)NOC(C)C)c(=O)n(CC(=O)c2cc(F)ccc2OC)c1=O. The molecule has 0 aliphatic rings. The summed E-state index contributed by atoms with van der Waals surface area (Å²) in [7, 11) is 2.60. The summed E-state index contributed by atoms with van der Waals surface area (Å²) in [5, 5.41) is 0. The molecule has 10 nitrogen and oxygen atoms in total. The van der Waals surface area contributed by atoms with Crippen LogP contribution in [0.1, 0.15) is 53.1 Å². The number of hydrogen-bond donors (Lipinski definition) is 1. The van der Waals surface area contributed by atoms with Crippen molar-refractivity contribution in [2.24, 2.45) is 0 Å². The van der Waals surface area contributed by atoms with Gasteiger partial charge in [0.2, 0.25) is 0 Å². The van der Waals surface area contributed by atoms with Crippen LogP contribution in [0.25, 0.3) is 0 Å². The Bertz CT molecular complexity index is 1500. The van der Waals surface area contributed by atoms with Crippen molar-refractivity contribution in [3.05, 3.63) is 91.8 Å². The van der Waals surface area contributed by atoms with E-state index in [0.717, 1.165) is 28.8 Å². The van der Waals surface area contributed by atoms with Crippen LogP contribution in [0.2, 0.25) is 0 Å². The fourth-order valence-corrected chi connectivity index (χ4v) is 3.79. The number of halogens is 2. The average Bonchev–Trinajstić information content (AvgIpc) is 2.90. The minimum atomic E-state index is -0.979. The lowest BCUT2D eigenvalue weighted by molar-refractivity contribution is -0.0236. The van der Waals surface area contributed by atoms with E-state index in [1.54, 1.807) is 20.8 Å². The quantitative estimate of drug-likeness (QED) is 0.273. The summed E-state index contributed by atoms with van der Waals surface area (Å²) in [6, 6.07) is 5.89. The van der Waals surface area contributed by atoms with Gasteiger partial charge in [-0.1, -0.05) is 0 Å². The van der Waals surface area contributed by atoms with Gasteiger partial charge in [0.1, 0.15) is 23.1 Å². The zero-order valence-corrected chi connectivity index (χ0v) is 22.1. The van der Waals surface area contributed by atoms with Gasteiger partial charge in [0.15, 0.2) is 11.6 Å². The van der Waals surface area contributed by atoms with Gasteiger partial charge in [-0.3, -0.25) is 28.4 Å².